The highest BCUT2D eigenvalue weighted by Gasteiger charge is 2.28. The van der Waals surface area contributed by atoms with Crippen molar-refractivity contribution in [1.29, 1.82) is 0 Å². The van der Waals surface area contributed by atoms with Crippen LogP contribution in [0.1, 0.15) is 32.3 Å². The third-order valence-electron chi connectivity index (χ3n) is 8.01. The van der Waals surface area contributed by atoms with Gasteiger partial charge < -0.3 is 30.3 Å². The number of ether oxygens (including phenoxy) is 1. The summed E-state index contributed by atoms with van der Waals surface area (Å²) in [6.45, 7) is 9.69. The molecule has 3 N–H and O–H groups in total. The molecule has 0 amide bonds. The molecule has 2 aliphatic rings. The number of aromatic nitrogens is 2. The number of likely N-dealkylation sites (N-methyl/N-ethyl adjacent to an activating group) is 1. The molecule has 0 radical (unpaired) electrons. The number of methoxy groups -OCH3 is 1. The van der Waals surface area contributed by atoms with Crippen molar-refractivity contribution in [2.45, 2.75) is 38.3 Å². The van der Waals surface area contributed by atoms with E-state index in [1.54, 1.807) is 33.2 Å². The summed E-state index contributed by atoms with van der Waals surface area (Å²) in [6.07, 6.45) is 3.80. The summed E-state index contributed by atoms with van der Waals surface area (Å²) < 4.78 is 20.5. The normalized spacial score (nSPS) is 17.4. The number of anilines is 5. The van der Waals surface area contributed by atoms with Crippen molar-refractivity contribution in [1.82, 2.24) is 19.8 Å². The highest BCUT2D eigenvalue weighted by molar-refractivity contribution is 9.10. The zero-order chi connectivity index (χ0) is 30.0. The quantitative estimate of drug-likeness (QED) is 0.270. The first-order valence-corrected chi connectivity index (χ1v) is 15.3. The minimum atomic E-state index is -1.19. The topological polar surface area (TPSA) is 89.0 Å². The number of piperazine rings is 1. The van der Waals surface area contributed by atoms with Gasteiger partial charge in [0.05, 0.1) is 33.6 Å². The number of benzene rings is 2. The van der Waals surface area contributed by atoms with Gasteiger partial charge in [0.2, 0.25) is 5.95 Å². The van der Waals surface area contributed by atoms with Gasteiger partial charge in [-0.1, -0.05) is 17.7 Å². The maximum Gasteiger partial charge on any atom is 0.229 e. The van der Waals surface area contributed by atoms with Gasteiger partial charge in [-0.15, -0.1) is 0 Å². The maximum atomic E-state index is 14.1. The van der Waals surface area contributed by atoms with Crippen LogP contribution in [0.2, 0.25) is 5.02 Å². The largest absolute Gasteiger partial charge is 0.495 e. The van der Waals surface area contributed by atoms with E-state index in [-0.39, 0.29) is 5.95 Å². The summed E-state index contributed by atoms with van der Waals surface area (Å²) in [5, 5.41) is 17.4. The van der Waals surface area contributed by atoms with Crippen molar-refractivity contribution in [2.24, 2.45) is 0 Å². The molecule has 0 aliphatic carbocycles. The van der Waals surface area contributed by atoms with Crippen molar-refractivity contribution in [2.75, 3.05) is 69.0 Å². The molecule has 42 heavy (non-hydrogen) atoms. The molecule has 2 aliphatic heterocycles. The Balaban J connectivity index is 1.31. The van der Waals surface area contributed by atoms with Crippen LogP contribution in [0, 0.1) is 5.82 Å². The Morgan fingerprint density at radius 3 is 2.43 bits per heavy atom. The second-order valence-corrected chi connectivity index (χ2v) is 12.7. The molecule has 2 fully saturated rings. The lowest BCUT2D eigenvalue weighted by atomic mass is 9.96. The molecule has 0 bridgehead atoms. The smallest absolute Gasteiger partial charge is 0.229 e. The van der Waals surface area contributed by atoms with Crippen LogP contribution in [0.15, 0.2) is 41.0 Å². The highest BCUT2D eigenvalue weighted by atomic mass is 79.9. The van der Waals surface area contributed by atoms with E-state index in [1.165, 1.54) is 12.1 Å². The van der Waals surface area contributed by atoms with Crippen LogP contribution < -0.4 is 20.3 Å². The monoisotopic (exact) mass is 661 g/mol. The molecule has 3 heterocycles. The van der Waals surface area contributed by atoms with Crippen LogP contribution in [-0.4, -0.2) is 84.3 Å². The number of nitrogens with zero attached hydrogens (tertiary/aromatic N) is 5. The van der Waals surface area contributed by atoms with Crippen molar-refractivity contribution in [3.05, 3.63) is 57.4 Å². The van der Waals surface area contributed by atoms with Crippen LogP contribution in [0.5, 0.6) is 5.75 Å². The molecule has 0 unspecified atom stereocenters. The van der Waals surface area contributed by atoms with Crippen LogP contribution in [-0.2, 0) is 5.60 Å². The molecule has 226 valence electrons. The second-order valence-electron chi connectivity index (χ2n) is 11.5. The molecule has 1 aromatic heterocycles. The fourth-order valence-electron chi connectivity index (χ4n) is 5.62. The maximum absolute atomic E-state index is 14.1. The number of nitrogens with one attached hydrogen (secondary N) is 2. The lowest BCUT2D eigenvalue weighted by Crippen LogP contribution is -2.52. The summed E-state index contributed by atoms with van der Waals surface area (Å²) in [4.78, 5) is 16.3. The molecule has 0 saturated carbocycles. The Kier molecular flexibility index (Phi) is 9.44. The first-order valence-electron chi connectivity index (χ1n) is 14.2. The van der Waals surface area contributed by atoms with Crippen molar-refractivity contribution in [3.8, 4) is 5.75 Å². The van der Waals surface area contributed by atoms with E-state index in [2.05, 4.69) is 58.3 Å². The summed E-state index contributed by atoms with van der Waals surface area (Å²) in [5.41, 5.74) is 1.30. The van der Waals surface area contributed by atoms with Crippen molar-refractivity contribution >= 4 is 56.4 Å². The second kappa shape index (κ2) is 12.9. The Bertz CT molecular complexity index is 1410. The SMILES string of the molecule is COc1cc(Nc2ncc(Br)c(Nc3cc(F)ccc3C(C)(C)O)n2)c(Cl)cc1N1CCC(N2CCN(C)CC2)CC1. The van der Waals surface area contributed by atoms with Crippen LogP contribution >= 0.6 is 27.5 Å². The van der Waals surface area contributed by atoms with Gasteiger partial charge in [0.15, 0.2) is 0 Å². The number of aliphatic hydroxyl groups is 1. The molecule has 12 heteroatoms. The first-order chi connectivity index (χ1) is 20.0. The summed E-state index contributed by atoms with van der Waals surface area (Å²) in [6, 6.07) is 8.59. The van der Waals surface area contributed by atoms with Crippen LogP contribution in [0.3, 0.4) is 0 Å². The highest BCUT2D eigenvalue weighted by Crippen LogP contribution is 2.40. The first kappa shape index (κ1) is 30.7. The van der Waals surface area contributed by atoms with Gasteiger partial charge in [-0.25, -0.2) is 9.37 Å². The fraction of sp³-hybridized carbons (Fsp3) is 0.467. The third kappa shape index (κ3) is 7.08. The molecule has 0 atom stereocenters. The standard InChI is InChI=1S/C30H38BrClFN7O2/c1-30(2,41)21-6-5-19(33)15-24(21)35-28-22(31)18-34-29(37-28)36-25-17-27(42-4)26(16-23(25)32)40-9-7-20(8-10-40)39-13-11-38(3)12-14-39/h5-6,15-18,20,41H,7-14H2,1-4H3,(H2,34,35,36,37). The fourth-order valence-corrected chi connectivity index (χ4v) is 6.12. The summed E-state index contributed by atoms with van der Waals surface area (Å²) in [7, 11) is 3.85. The number of hydrogen-bond donors (Lipinski definition) is 3. The molecule has 3 aromatic rings. The lowest BCUT2D eigenvalue weighted by molar-refractivity contribution is 0.0793. The van der Waals surface area contributed by atoms with Gasteiger partial charge in [-0.2, -0.15) is 4.98 Å². The molecule has 2 aromatic carbocycles. The number of piperidine rings is 1. The van der Waals surface area contributed by atoms with Crippen LogP contribution in [0.25, 0.3) is 0 Å². The minimum absolute atomic E-state index is 0.284. The summed E-state index contributed by atoms with van der Waals surface area (Å²) >= 11 is 10.2. The zero-order valence-corrected chi connectivity index (χ0v) is 26.8. The number of halogens is 3. The van der Waals surface area contributed by atoms with Crippen molar-refractivity contribution < 1.29 is 14.2 Å². The van der Waals surface area contributed by atoms with Gasteiger partial charge >= 0.3 is 0 Å². The predicted octanol–water partition coefficient (Wildman–Crippen LogP) is 5.97. The number of rotatable bonds is 8. The Hall–Kier alpha value is -2.70. The van der Waals surface area contributed by atoms with Gasteiger partial charge in [0, 0.05) is 68.8 Å². The van der Waals surface area contributed by atoms with Gasteiger partial charge in [0.25, 0.3) is 0 Å². The molecule has 2 saturated heterocycles. The van der Waals surface area contributed by atoms with Gasteiger partial charge in [-0.05, 0) is 67.9 Å². The zero-order valence-electron chi connectivity index (χ0n) is 24.4. The average molecular weight is 663 g/mol. The Morgan fingerprint density at radius 2 is 1.76 bits per heavy atom. The minimum Gasteiger partial charge on any atom is -0.495 e. The molecule has 0 spiro atoms. The third-order valence-corrected chi connectivity index (χ3v) is 8.91. The average Bonchev–Trinajstić information content (AvgIpc) is 2.95. The predicted molar refractivity (Wildman–Crippen MR) is 170 cm³/mol. The van der Waals surface area contributed by atoms with Crippen LogP contribution in [0.4, 0.5) is 33.2 Å². The van der Waals surface area contributed by atoms with Gasteiger partial charge in [0.1, 0.15) is 17.4 Å². The lowest BCUT2D eigenvalue weighted by Gasteiger charge is -2.42. The van der Waals surface area contributed by atoms with E-state index >= 15 is 0 Å². The Labute approximate surface area is 260 Å². The van der Waals surface area contributed by atoms with E-state index < -0.39 is 11.4 Å². The van der Waals surface area contributed by atoms with Gasteiger partial charge in [-0.3, -0.25) is 4.90 Å². The van der Waals surface area contributed by atoms with Crippen molar-refractivity contribution in [3.63, 3.8) is 0 Å². The van der Waals surface area contributed by atoms with E-state index in [4.69, 9.17) is 16.3 Å². The van der Waals surface area contributed by atoms with E-state index in [0.29, 0.717) is 44.0 Å². The van der Waals surface area contributed by atoms with E-state index in [9.17, 15) is 9.50 Å². The molecule has 9 nitrogen and oxygen atoms in total. The molecular formula is C30H38BrClFN7O2. The van der Waals surface area contributed by atoms with E-state index in [0.717, 1.165) is 57.8 Å². The molecule has 5 rings (SSSR count). The summed E-state index contributed by atoms with van der Waals surface area (Å²) in [5.74, 6) is 0.958. The molecular weight excluding hydrogens is 625 g/mol. The number of hydrogen-bond acceptors (Lipinski definition) is 9. The van der Waals surface area contributed by atoms with E-state index in [1.807, 2.05) is 12.1 Å². The Morgan fingerprint density at radius 1 is 1.05 bits per heavy atom.